The second-order valence-electron chi connectivity index (χ2n) is 6.13. The Kier molecular flexibility index (Phi) is 2.44. The summed E-state index contributed by atoms with van der Waals surface area (Å²) in [5.74, 6) is 6.29. The van der Waals surface area contributed by atoms with Gasteiger partial charge in [0.25, 0.3) is 0 Å². The van der Waals surface area contributed by atoms with Crippen LogP contribution in [0.25, 0.3) is 0 Å². The molecule has 0 amide bonds. The molecule has 0 spiro atoms. The van der Waals surface area contributed by atoms with Crippen molar-refractivity contribution in [2.24, 2.45) is 16.9 Å². The van der Waals surface area contributed by atoms with Gasteiger partial charge in [-0.25, -0.2) is 0 Å². The fourth-order valence-electron chi connectivity index (χ4n) is 4.29. The van der Waals surface area contributed by atoms with Crippen LogP contribution in [-0.2, 0) is 5.41 Å². The third kappa shape index (κ3) is 1.56. The van der Waals surface area contributed by atoms with Crippen molar-refractivity contribution < 1.29 is 0 Å². The second-order valence-corrected chi connectivity index (χ2v) is 6.13. The number of benzene rings is 1. The van der Waals surface area contributed by atoms with E-state index in [4.69, 9.17) is 5.84 Å². The van der Waals surface area contributed by atoms with Crippen LogP contribution >= 0.6 is 0 Å². The monoisotopic (exact) mass is 256 g/mol. The van der Waals surface area contributed by atoms with E-state index >= 15 is 0 Å². The summed E-state index contributed by atoms with van der Waals surface area (Å²) in [5.41, 5.74) is 2.63. The average molecular weight is 256 g/mol. The van der Waals surface area contributed by atoms with Crippen molar-refractivity contribution in [2.45, 2.75) is 5.41 Å². The molecule has 100 valence electrons. The average Bonchev–Trinajstić information content (AvgIpc) is 2.68. The molecule has 4 heteroatoms. The number of piperidine rings is 2. The Morgan fingerprint density at radius 1 is 1.05 bits per heavy atom. The molecule has 4 nitrogen and oxygen atoms in total. The van der Waals surface area contributed by atoms with E-state index in [1.165, 1.54) is 24.4 Å². The van der Waals surface area contributed by atoms with Gasteiger partial charge < -0.3 is 15.6 Å². The summed E-state index contributed by atoms with van der Waals surface area (Å²) in [4.78, 5) is 5.19. The van der Waals surface area contributed by atoms with Crippen LogP contribution < -0.4 is 5.84 Å². The van der Waals surface area contributed by atoms with Crippen LogP contribution in [0.2, 0.25) is 0 Å². The van der Waals surface area contributed by atoms with Crippen LogP contribution in [-0.4, -0.2) is 54.8 Å². The fourth-order valence-corrected chi connectivity index (χ4v) is 4.29. The smallest absolute Gasteiger partial charge is 0.0611 e. The van der Waals surface area contributed by atoms with Crippen LogP contribution in [0.1, 0.15) is 5.56 Å². The summed E-state index contributed by atoms with van der Waals surface area (Å²) in [6, 6.07) is 10.8. The highest BCUT2D eigenvalue weighted by molar-refractivity contribution is 5.99. The summed E-state index contributed by atoms with van der Waals surface area (Å²) in [7, 11) is 0. The van der Waals surface area contributed by atoms with Crippen LogP contribution in [0.4, 0.5) is 0 Å². The maximum atomic E-state index is 5.78. The fraction of sp³-hybridized carbons (Fsp3) is 0.533. The molecule has 0 aromatic heterocycles. The quantitative estimate of drug-likeness (QED) is 0.588. The van der Waals surface area contributed by atoms with E-state index in [1.54, 1.807) is 0 Å². The topological polar surface area (TPSA) is 44.9 Å². The first-order chi connectivity index (χ1) is 9.32. The third-order valence-corrected chi connectivity index (χ3v) is 5.02. The summed E-state index contributed by atoms with van der Waals surface area (Å²) in [6.45, 7) is 6.76. The van der Waals surface area contributed by atoms with Crippen LogP contribution in [0.15, 0.2) is 35.4 Å². The Hall–Kier alpha value is -1.39. The highest BCUT2D eigenvalue weighted by atomic mass is 15.3. The van der Waals surface area contributed by atoms with E-state index in [2.05, 4.69) is 45.2 Å². The Bertz CT molecular complexity index is 494. The number of rotatable bonds is 1. The lowest BCUT2D eigenvalue weighted by atomic mass is 9.66. The Balaban J connectivity index is 1.88. The Morgan fingerprint density at radius 3 is 2.26 bits per heavy atom. The lowest BCUT2D eigenvalue weighted by Crippen LogP contribution is -2.64. The van der Waals surface area contributed by atoms with Gasteiger partial charge in [-0.3, -0.25) is 0 Å². The zero-order chi connectivity index (χ0) is 12.9. The molecule has 2 N–H and O–H groups in total. The molecule has 4 aliphatic rings. The highest BCUT2D eigenvalue weighted by Gasteiger charge is 2.52. The zero-order valence-electron chi connectivity index (χ0n) is 11.1. The second kappa shape index (κ2) is 4.05. The zero-order valence-corrected chi connectivity index (χ0v) is 11.1. The van der Waals surface area contributed by atoms with Crippen molar-refractivity contribution in [2.75, 3.05) is 39.3 Å². The first-order valence-electron chi connectivity index (χ1n) is 7.10. The number of hydrogen-bond donors (Lipinski definition) is 1. The van der Waals surface area contributed by atoms with Gasteiger partial charge in [-0.2, -0.15) is 5.10 Å². The summed E-state index contributed by atoms with van der Waals surface area (Å²) >= 11 is 0. The minimum Gasteiger partial charge on any atom is -0.323 e. The van der Waals surface area contributed by atoms with Gasteiger partial charge in [0.05, 0.1) is 11.1 Å². The number of nitrogens with zero attached hydrogens (tertiary/aromatic N) is 3. The maximum absolute atomic E-state index is 5.78. The van der Waals surface area contributed by atoms with Gasteiger partial charge in [0.2, 0.25) is 0 Å². The standard InChI is InChI=1S/C15H20N4/c16-17-14-12-8-18-6-7-19(9-12)11-15(14,10-18)13-4-2-1-3-5-13/h1-5,12H,6-11,16H2/b17-14+. The third-order valence-electron chi connectivity index (χ3n) is 5.02. The number of hydrogen-bond acceptors (Lipinski definition) is 4. The molecule has 1 aromatic carbocycles. The molecule has 1 aromatic rings. The van der Waals surface area contributed by atoms with E-state index in [0.717, 1.165) is 26.2 Å². The van der Waals surface area contributed by atoms with E-state index in [-0.39, 0.29) is 5.41 Å². The van der Waals surface area contributed by atoms with E-state index in [1.807, 2.05) is 0 Å². The van der Waals surface area contributed by atoms with Gasteiger partial charge in [0, 0.05) is 45.2 Å². The van der Waals surface area contributed by atoms with Gasteiger partial charge >= 0.3 is 0 Å². The molecule has 5 rings (SSSR count). The predicted molar refractivity (Wildman–Crippen MR) is 76.1 cm³/mol. The number of fused-ring (bicyclic) bond motifs is 1. The van der Waals surface area contributed by atoms with Crippen molar-refractivity contribution in [1.29, 1.82) is 0 Å². The van der Waals surface area contributed by atoms with Gasteiger partial charge in [-0.1, -0.05) is 30.3 Å². The van der Waals surface area contributed by atoms with E-state index in [0.29, 0.717) is 5.92 Å². The highest BCUT2D eigenvalue weighted by Crippen LogP contribution is 2.40. The molecule has 4 fully saturated rings. The minimum absolute atomic E-state index is 0.0215. The van der Waals surface area contributed by atoms with Gasteiger partial charge in [-0.15, -0.1) is 0 Å². The van der Waals surface area contributed by atoms with Crippen molar-refractivity contribution in [3.8, 4) is 0 Å². The molecule has 4 heterocycles. The molecule has 0 radical (unpaired) electrons. The van der Waals surface area contributed by atoms with Crippen LogP contribution in [0.3, 0.4) is 0 Å². The molecule has 0 saturated carbocycles. The normalized spacial score (nSPS) is 42.5. The molecule has 4 aliphatic heterocycles. The molecular weight excluding hydrogens is 236 g/mol. The van der Waals surface area contributed by atoms with E-state index in [9.17, 15) is 0 Å². The van der Waals surface area contributed by atoms with Gasteiger partial charge in [0.1, 0.15) is 0 Å². The first-order valence-corrected chi connectivity index (χ1v) is 7.10. The lowest BCUT2D eigenvalue weighted by molar-refractivity contribution is 0.164. The maximum Gasteiger partial charge on any atom is 0.0611 e. The lowest BCUT2D eigenvalue weighted by Gasteiger charge is -2.50. The molecule has 19 heavy (non-hydrogen) atoms. The summed E-state index contributed by atoms with van der Waals surface area (Å²) < 4.78 is 0. The largest absolute Gasteiger partial charge is 0.323 e. The van der Waals surface area contributed by atoms with Crippen molar-refractivity contribution in [1.82, 2.24) is 9.80 Å². The molecule has 2 atom stereocenters. The van der Waals surface area contributed by atoms with E-state index < -0.39 is 0 Å². The molecule has 0 aliphatic carbocycles. The van der Waals surface area contributed by atoms with Crippen molar-refractivity contribution >= 4 is 5.71 Å². The minimum atomic E-state index is 0.0215. The summed E-state index contributed by atoms with van der Waals surface area (Å²) in [5, 5.41) is 4.24. The van der Waals surface area contributed by atoms with Crippen LogP contribution in [0, 0.1) is 5.92 Å². The molecule has 2 unspecified atom stereocenters. The number of hydrazone groups is 1. The summed E-state index contributed by atoms with van der Waals surface area (Å²) in [6.07, 6.45) is 0. The first kappa shape index (κ1) is 11.4. The SMILES string of the molecule is N/N=C1\C2CN3CCN(C2)CC1(c1ccccc1)C3. The van der Waals surface area contributed by atoms with Gasteiger partial charge in [-0.05, 0) is 5.56 Å². The van der Waals surface area contributed by atoms with Crippen molar-refractivity contribution in [3.05, 3.63) is 35.9 Å². The molecule has 4 bridgehead atoms. The Labute approximate surface area is 113 Å². The molecular formula is C15H20N4. The van der Waals surface area contributed by atoms with Crippen LogP contribution in [0.5, 0.6) is 0 Å². The number of nitrogens with two attached hydrogens (primary N) is 1. The molecule has 4 saturated heterocycles. The van der Waals surface area contributed by atoms with Crippen molar-refractivity contribution in [3.63, 3.8) is 0 Å². The van der Waals surface area contributed by atoms with Gasteiger partial charge in [0.15, 0.2) is 0 Å². The predicted octanol–water partition coefficient (Wildman–Crippen LogP) is 0.500. The Morgan fingerprint density at radius 2 is 1.68 bits per heavy atom.